The smallest absolute Gasteiger partial charge is 0.238 e. The van der Waals surface area contributed by atoms with Crippen molar-refractivity contribution in [1.29, 1.82) is 0 Å². The third-order valence-corrected chi connectivity index (χ3v) is 5.47. The van der Waals surface area contributed by atoms with Gasteiger partial charge in [-0.15, -0.1) is 11.3 Å². The van der Waals surface area contributed by atoms with Gasteiger partial charge < -0.3 is 11.1 Å². The van der Waals surface area contributed by atoms with E-state index in [2.05, 4.69) is 24.4 Å². The maximum atomic E-state index is 11.6. The number of nitrogens with one attached hydrogen (secondary N) is 1. The summed E-state index contributed by atoms with van der Waals surface area (Å²) < 4.78 is 23.1. The molecular weight excluding hydrogens is 306 g/mol. The highest BCUT2D eigenvalue weighted by molar-refractivity contribution is 7.89. The number of nitrogen functional groups attached to an aromatic ring is 1. The first-order valence-electron chi connectivity index (χ1n) is 6.55. The van der Waals surface area contributed by atoms with Crippen LogP contribution in [0.1, 0.15) is 22.2 Å². The van der Waals surface area contributed by atoms with Gasteiger partial charge in [-0.05, 0) is 43.2 Å². The fourth-order valence-electron chi connectivity index (χ4n) is 2.08. The summed E-state index contributed by atoms with van der Waals surface area (Å²) in [5.41, 5.74) is 7.40. The fourth-order valence-corrected chi connectivity index (χ4v) is 3.81. The molecule has 1 heterocycles. The van der Waals surface area contributed by atoms with Crippen molar-refractivity contribution in [2.75, 3.05) is 11.1 Å². The molecule has 0 fully saturated rings. The van der Waals surface area contributed by atoms with Crippen LogP contribution in [0.15, 0.2) is 29.2 Å². The van der Waals surface area contributed by atoms with Crippen LogP contribution in [0.25, 0.3) is 0 Å². The Morgan fingerprint density at radius 2 is 1.90 bits per heavy atom. The Kier molecular flexibility index (Phi) is 4.55. The zero-order chi connectivity index (χ0) is 15.6. The van der Waals surface area contributed by atoms with Crippen LogP contribution in [-0.2, 0) is 23.0 Å². The SMILES string of the molecule is CCc1ccc(CNc2cc(N)cc(S(N)(=O)=O)c2C)s1. The summed E-state index contributed by atoms with van der Waals surface area (Å²) in [5, 5.41) is 8.45. The number of sulfonamides is 1. The van der Waals surface area contributed by atoms with Crippen LogP contribution in [0.4, 0.5) is 11.4 Å². The van der Waals surface area contributed by atoms with Gasteiger partial charge in [0.2, 0.25) is 10.0 Å². The van der Waals surface area contributed by atoms with E-state index >= 15 is 0 Å². The number of hydrogen-bond donors (Lipinski definition) is 3. The lowest BCUT2D eigenvalue weighted by atomic mass is 10.2. The summed E-state index contributed by atoms with van der Waals surface area (Å²) in [4.78, 5) is 2.57. The third-order valence-electron chi connectivity index (χ3n) is 3.21. The van der Waals surface area contributed by atoms with Crippen molar-refractivity contribution in [1.82, 2.24) is 0 Å². The van der Waals surface area contributed by atoms with Crippen LogP contribution >= 0.6 is 11.3 Å². The van der Waals surface area contributed by atoms with E-state index in [0.717, 1.165) is 6.42 Å². The molecule has 2 rings (SSSR count). The van der Waals surface area contributed by atoms with Crippen LogP contribution in [0, 0.1) is 6.92 Å². The minimum atomic E-state index is -3.78. The number of hydrogen-bond acceptors (Lipinski definition) is 5. The lowest BCUT2D eigenvalue weighted by molar-refractivity contribution is 0.597. The normalized spacial score (nSPS) is 11.6. The van der Waals surface area contributed by atoms with Gasteiger partial charge in [-0.2, -0.15) is 0 Å². The van der Waals surface area contributed by atoms with Crippen molar-refractivity contribution >= 4 is 32.7 Å². The molecule has 0 bridgehead atoms. The van der Waals surface area contributed by atoms with Gasteiger partial charge in [-0.25, -0.2) is 13.6 Å². The Morgan fingerprint density at radius 3 is 2.48 bits per heavy atom. The molecule has 0 aliphatic heterocycles. The number of thiophene rings is 1. The van der Waals surface area contributed by atoms with Gasteiger partial charge in [0.1, 0.15) is 0 Å². The fraction of sp³-hybridized carbons (Fsp3) is 0.286. The van der Waals surface area contributed by atoms with E-state index in [-0.39, 0.29) is 4.90 Å². The molecule has 5 N–H and O–H groups in total. The quantitative estimate of drug-likeness (QED) is 0.735. The average molecular weight is 325 g/mol. The number of benzene rings is 1. The third kappa shape index (κ3) is 3.75. The summed E-state index contributed by atoms with van der Waals surface area (Å²) in [6, 6.07) is 7.27. The highest BCUT2D eigenvalue weighted by Gasteiger charge is 2.15. The Hall–Kier alpha value is -1.57. The Balaban J connectivity index is 2.26. The van der Waals surface area contributed by atoms with Gasteiger partial charge >= 0.3 is 0 Å². The summed E-state index contributed by atoms with van der Waals surface area (Å²) in [6.07, 6.45) is 1.01. The number of primary sulfonamides is 1. The Bertz CT molecular complexity index is 752. The molecule has 7 heteroatoms. The maximum Gasteiger partial charge on any atom is 0.238 e. The highest BCUT2D eigenvalue weighted by Crippen LogP contribution is 2.27. The summed E-state index contributed by atoms with van der Waals surface area (Å²) in [6.45, 7) is 4.45. The molecule has 2 aromatic rings. The first-order chi connectivity index (χ1) is 9.81. The van der Waals surface area contributed by atoms with Crippen LogP contribution in [0.5, 0.6) is 0 Å². The summed E-state index contributed by atoms with van der Waals surface area (Å²) in [7, 11) is -3.78. The second-order valence-corrected chi connectivity index (χ2v) is 7.59. The van der Waals surface area contributed by atoms with Crippen molar-refractivity contribution < 1.29 is 8.42 Å². The maximum absolute atomic E-state index is 11.6. The van der Waals surface area contributed by atoms with E-state index in [9.17, 15) is 8.42 Å². The topological polar surface area (TPSA) is 98.2 Å². The zero-order valence-corrected chi connectivity index (χ0v) is 13.6. The highest BCUT2D eigenvalue weighted by atomic mass is 32.2. The average Bonchev–Trinajstić information content (AvgIpc) is 2.86. The van der Waals surface area contributed by atoms with Gasteiger partial charge in [-0.3, -0.25) is 0 Å². The van der Waals surface area contributed by atoms with E-state index in [1.807, 2.05) is 0 Å². The molecule has 0 unspecified atom stereocenters. The zero-order valence-electron chi connectivity index (χ0n) is 12.0. The molecule has 0 saturated carbocycles. The number of rotatable bonds is 5. The number of aryl methyl sites for hydroxylation is 1. The number of nitrogens with two attached hydrogens (primary N) is 2. The van der Waals surface area contributed by atoms with E-state index in [1.165, 1.54) is 15.8 Å². The molecule has 1 aromatic heterocycles. The molecule has 0 aliphatic rings. The molecule has 0 atom stereocenters. The minimum Gasteiger partial charge on any atom is -0.399 e. The number of anilines is 2. The van der Waals surface area contributed by atoms with Crippen molar-refractivity contribution in [2.24, 2.45) is 5.14 Å². The second kappa shape index (κ2) is 6.05. The minimum absolute atomic E-state index is 0.0606. The van der Waals surface area contributed by atoms with Gasteiger partial charge in [-0.1, -0.05) is 6.92 Å². The molecule has 0 spiro atoms. The molecule has 0 amide bonds. The van der Waals surface area contributed by atoms with Crippen molar-refractivity contribution in [3.8, 4) is 0 Å². The van der Waals surface area contributed by atoms with E-state index in [1.54, 1.807) is 24.3 Å². The summed E-state index contributed by atoms with van der Waals surface area (Å²) >= 11 is 1.74. The van der Waals surface area contributed by atoms with E-state index in [4.69, 9.17) is 10.9 Å². The van der Waals surface area contributed by atoms with E-state index < -0.39 is 10.0 Å². The molecule has 21 heavy (non-hydrogen) atoms. The van der Waals surface area contributed by atoms with Crippen molar-refractivity contribution in [2.45, 2.75) is 31.7 Å². The van der Waals surface area contributed by atoms with Crippen molar-refractivity contribution in [3.05, 3.63) is 39.6 Å². The molecule has 1 aromatic carbocycles. The molecular formula is C14H19N3O2S2. The Morgan fingerprint density at radius 1 is 1.24 bits per heavy atom. The van der Waals surface area contributed by atoms with Gasteiger partial charge in [0.25, 0.3) is 0 Å². The molecule has 5 nitrogen and oxygen atoms in total. The van der Waals surface area contributed by atoms with E-state index in [0.29, 0.717) is 23.5 Å². The second-order valence-electron chi connectivity index (χ2n) is 4.81. The predicted octanol–water partition coefficient (Wildman–Crippen LogP) is 2.46. The standard InChI is InChI=1S/C14H19N3O2S2/c1-3-11-4-5-12(20-11)8-17-13-6-10(15)7-14(9(13)2)21(16,18)19/h4-7,17H,3,8,15H2,1-2H3,(H2,16,18,19). The lowest BCUT2D eigenvalue weighted by Crippen LogP contribution is -2.15. The summed E-state index contributed by atoms with van der Waals surface area (Å²) in [5.74, 6) is 0. The lowest BCUT2D eigenvalue weighted by Gasteiger charge is -2.13. The van der Waals surface area contributed by atoms with Gasteiger partial charge in [0.15, 0.2) is 0 Å². The molecule has 0 saturated heterocycles. The van der Waals surface area contributed by atoms with Crippen LogP contribution in [0.3, 0.4) is 0 Å². The monoisotopic (exact) mass is 325 g/mol. The first-order valence-corrected chi connectivity index (χ1v) is 8.92. The molecule has 0 radical (unpaired) electrons. The van der Waals surface area contributed by atoms with Gasteiger partial charge in [0.05, 0.1) is 4.90 Å². The van der Waals surface area contributed by atoms with Crippen LogP contribution < -0.4 is 16.2 Å². The first kappa shape index (κ1) is 15.8. The van der Waals surface area contributed by atoms with Crippen LogP contribution in [-0.4, -0.2) is 8.42 Å². The largest absolute Gasteiger partial charge is 0.399 e. The van der Waals surface area contributed by atoms with Crippen molar-refractivity contribution in [3.63, 3.8) is 0 Å². The van der Waals surface area contributed by atoms with Crippen LogP contribution in [0.2, 0.25) is 0 Å². The Labute approximate surface area is 129 Å². The molecule has 114 valence electrons. The molecule has 0 aliphatic carbocycles. The van der Waals surface area contributed by atoms with Gasteiger partial charge in [0, 0.05) is 27.7 Å². The predicted molar refractivity (Wildman–Crippen MR) is 88.0 cm³/mol.